The summed E-state index contributed by atoms with van der Waals surface area (Å²) in [5, 5.41) is 0. The molecule has 0 aliphatic rings. The van der Waals surface area contributed by atoms with Gasteiger partial charge in [-0.1, -0.05) is 19.4 Å². The quantitative estimate of drug-likeness (QED) is 0.631. The molecule has 14 heavy (non-hydrogen) atoms. The first-order valence-electron chi connectivity index (χ1n) is 5.29. The van der Waals surface area contributed by atoms with E-state index in [1.807, 2.05) is 6.92 Å². The van der Waals surface area contributed by atoms with Crippen molar-refractivity contribution in [2.75, 3.05) is 13.1 Å². The third-order valence-electron chi connectivity index (χ3n) is 2.18. The van der Waals surface area contributed by atoms with Gasteiger partial charge in [-0.15, -0.1) is 6.58 Å². The van der Waals surface area contributed by atoms with E-state index >= 15 is 0 Å². The van der Waals surface area contributed by atoms with Crippen LogP contribution in [0.3, 0.4) is 0 Å². The summed E-state index contributed by atoms with van der Waals surface area (Å²) in [6.07, 6.45) is 4.14. The van der Waals surface area contributed by atoms with E-state index in [2.05, 4.69) is 13.5 Å². The highest BCUT2D eigenvalue weighted by Gasteiger charge is 2.13. The molecule has 1 amide bonds. The Morgan fingerprint density at radius 3 is 2.64 bits per heavy atom. The van der Waals surface area contributed by atoms with Crippen LogP contribution in [0, 0.1) is 0 Å². The summed E-state index contributed by atoms with van der Waals surface area (Å²) in [4.78, 5) is 13.4. The largest absolute Gasteiger partial charge is 0.339 e. The van der Waals surface area contributed by atoms with Gasteiger partial charge in [0, 0.05) is 25.6 Å². The smallest absolute Gasteiger partial charge is 0.224 e. The minimum absolute atomic E-state index is 0.00589. The molecule has 0 radical (unpaired) electrons. The van der Waals surface area contributed by atoms with Gasteiger partial charge in [0.1, 0.15) is 0 Å². The first-order chi connectivity index (χ1) is 6.65. The molecule has 0 saturated heterocycles. The van der Waals surface area contributed by atoms with Crippen LogP contribution < -0.4 is 5.73 Å². The van der Waals surface area contributed by atoms with Crippen molar-refractivity contribution in [2.24, 2.45) is 5.73 Å². The molecule has 0 saturated carbocycles. The zero-order chi connectivity index (χ0) is 11.0. The van der Waals surface area contributed by atoms with E-state index in [1.54, 1.807) is 11.0 Å². The van der Waals surface area contributed by atoms with Crippen LogP contribution in [0.15, 0.2) is 12.7 Å². The normalized spacial score (nSPS) is 12.2. The molecule has 0 aliphatic heterocycles. The van der Waals surface area contributed by atoms with Crippen molar-refractivity contribution in [2.45, 2.75) is 39.2 Å². The van der Waals surface area contributed by atoms with Gasteiger partial charge in [0.25, 0.3) is 0 Å². The molecule has 0 aromatic rings. The molecule has 0 rings (SSSR count). The van der Waals surface area contributed by atoms with Crippen molar-refractivity contribution < 1.29 is 4.79 Å². The van der Waals surface area contributed by atoms with Crippen molar-refractivity contribution in [3.63, 3.8) is 0 Å². The number of nitrogens with zero attached hydrogens (tertiary/aromatic N) is 1. The fraction of sp³-hybridized carbons (Fsp3) is 0.727. The van der Waals surface area contributed by atoms with Crippen LogP contribution in [-0.2, 0) is 4.79 Å². The van der Waals surface area contributed by atoms with E-state index in [9.17, 15) is 4.79 Å². The SMILES string of the molecule is C=CCN(CC)C(=O)CC(N)CCC. The van der Waals surface area contributed by atoms with Gasteiger partial charge in [0.2, 0.25) is 5.91 Å². The van der Waals surface area contributed by atoms with Gasteiger partial charge in [-0.25, -0.2) is 0 Å². The Morgan fingerprint density at radius 2 is 2.21 bits per heavy atom. The fourth-order valence-corrected chi connectivity index (χ4v) is 1.39. The molecule has 3 heteroatoms. The summed E-state index contributed by atoms with van der Waals surface area (Å²) in [5.74, 6) is 0.133. The molecule has 0 aromatic heterocycles. The van der Waals surface area contributed by atoms with Gasteiger partial charge in [-0.05, 0) is 13.3 Å². The van der Waals surface area contributed by atoms with E-state index in [-0.39, 0.29) is 11.9 Å². The van der Waals surface area contributed by atoms with Gasteiger partial charge in [0.15, 0.2) is 0 Å². The molecule has 0 aromatic carbocycles. The maximum atomic E-state index is 11.6. The molecule has 1 atom stereocenters. The number of hydrogen-bond donors (Lipinski definition) is 1. The molecule has 1 unspecified atom stereocenters. The Hall–Kier alpha value is -0.830. The number of hydrogen-bond acceptors (Lipinski definition) is 2. The van der Waals surface area contributed by atoms with Crippen LogP contribution in [0.25, 0.3) is 0 Å². The monoisotopic (exact) mass is 198 g/mol. The Kier molecular flexibility index (Phi) is 7.11. The van der Waals surface area contributed by atoms with Crippen LogP contribution in [0.4, 0.5) is 0 Å². The summed E-state index contributed by atoms with van der Waals surface area (Å²) < 4.78 is 0. The third-order valence-corrected chi connectivity index (χ3v) is 2.18. The van der Waals surface area contributed by atoms with Gasteiger partial charge in [-0.3, -0.25) is 4.79 Å². The summed E-state index contributed by atoms with van der Waals surface area (Å²) in [6, 6.07) is 0.00589. The van der Waals surface area contributed by atoms with Gasteiger partial charge >= 0.3 is 0 Å². The number of amides is 1. The van der Waals surface area contributed by atoms with E-state index < -0.39 is 0 Å². The van der Waals surface area contributed by atoms with Crippen molar-refractivity contribution in [3.05, 3.63) is 12.7 Å². The molecular formula is C11H22N2O. The van der Waals surface area contributed by atoms with Crippen LogP contribution in [0.2, 0.25) is 0 Å². The first kappa shape index (κ1) is 13.2. The van der Waals surface area contributed by atoms with Gasteiger partial charge < -0.3 is 10.6 Å². The third kappa shape index (κ3) is 5.02. The second kappa shape index (κ2) is 7.56. The Morgan fingerprint density at radius 1 is 1.57 bits per heavy atom. The van der Waals surface area contributed by atoms with Crippen molar-refractivity contribution in [1.82, 2.24) is 4.90 Å². The maximum absolute atomic E-state index is 11.6. The van der Waals surface area contributed by atoms with Crippen molar-refractivity contribution >= 4 is 5.91 Å². The van der Waals surface area contributed by atoms with E-state index in [1.165, 1.54) is 0 Å². The number of rotatable bonds is 7. The summed E-state index contributed by atoms with van der Waals surface area (Å²) in [7, 11) is 0. The first-order valence-corrected chi connectivity index (χ1v) is 5.29. The van der Waals surface area contributed by atoms with Crippen molar-refractivity contribution in [3.8, 4) is 0 Å². The van der Waals surface area contributed by atoms with Crippen LogP contribution in [0.1, 0.15) is 33.1 Å². The lowest BCUT2D eigenvalue weighted by Gasteiger charge is -2.20. The zero-order valence-electron chi connectivity index (χ0n) is 9.33. The van der Waals surface area contributed by atoms with Crippen molar-refractivity contribution in [1.29, 1.82) is 0 Å². The van der Waals surface area contributed by atoms with Crippen LogP contribution in [-0.4, -0.2) is 29.9 Å². The summed E-state index contributed by atoms with van der Waals surface area (Å²) in [6.45, 7) is 9.01. The minimum atomic E-state index is 0.00589. The lowest BCUT2D eigenvalue weighted by atomic mass is 10.1. The fourth-order valence-electron chi connectivity index (χ4n) is 1.39. The highest BCUT2D eigenvalue weighted by atomic mass is 16.2. The topological polar surface area (TPSA) is 46.3 Å². The number of nitrogens with two attached hydrogens (primary N) is 1. The average molecular weight is 198 g/mol. The Bertz CT molecular complexity index is 180. The summed E-state index contributed by atoms with van der Waals surface area (Å²) >= 11 is 0. The number of carbonyl (C=O) groups is 1. The minimum Gasteiger partial charge on any atom is -0.339 e. The molecule has 82 valence electrons. The highest BCUT2D eigenvalue weighted by Crippen LogP contribution is 2.02. The molecule has 0 fully saturated rings. The Balaban J connectivity index is 3.96. The molecule has 2 N–H and O–H groups in total. The summed E-state index contributed by atoms with van der Waals surface area (Å²) in [5.41, 5.74) is 5.80. The lowest BCUT2D eigenvalue weighted by molar-refractivity contribution is -0.130. The van der Waals surface area contributed by atoms with E-state index in [4.69, 9.17) is 5.73 Å². The predicted molar refractivity (Wildman–Crippen MR) is 60.0 cm³/mol. The lowest BCUT2D eigenvalue weighted by Crippen LogP contribution is -2.35. The predicted octanol–water partition coefficient (Wildman–Crippen LogP) is 1.54. The van der Waals surface area contributed by atoms with Gasteiger partial charge in [-0.2, -0.15) is 0 Å². The zero-order valence-corrected chi connectivity index (χ0v) is 9.33. The molecule has 0 heterocycles. The molecule has 0 spiro atoms. The van der Waals surface area contributed by atoms with Gasteiger partial charge in [0.05, 0.1) is 0 Å². The van der Waals surface area contributed by atoms with Crippen LogP contribution in [0.5, 0.6) is 0 Å². The van der Waals surface area contributed by atoms with E-state index in [0.29, 0.717) is 13.0 Å². The highest BCUT2D eigenvalue weighted by molar-refractivity contribution is 5.76. The molecule has 3 nitrogen and oxygen atoms in total. The average Bonchev–Trinajstić information content (AvgIpc) is 2.14. The second-order valence-corrected chi connectivity index (χ2v) is 3.47. The standard InChI is InChI=1S/C11H22N2O/c1-4-7-10(12)9-11(14)13(6-3)8-5-2/h5,10H,2,4,6-9,12H2,1,3H3. The Labute approximate surface area is 87.0 Å². The van der Waals surface area contributed by atoms with E-state index in [0.717, 1.165) is 19.4 Å². The number of likely N-dealkylation sites (N-methyl/N-ethyl adjacent to an activating group) is 1. The second-order valence-electron chi connectivity index (χ2n) is 3.47. The van der Waals surface area contributed by atoms with Crippen LogP contribution >= 0.6 is 0 Å². The number of carbonyl (C=O) groups excluding carboxylic acids is 1. The molecule has 0 aliphatic carbocycles. The maximum Gasteiger partial charge on any atom is 0.224 e. The molecular weight excluding hydrogens is 176 g/mol. The molecule has 0 bridgehead atoms.